The molecule has 0 amide bonds. The maximum absolute atomic E-state index is 3.72. The number of hydrogen-bond donors (Lipinski definition) is 1. The Morgan fingerprint density at radius 1 is 1.12 bits per heavy atom. The molecule has 2 aliphatic carbocycles. The van der Waals surface area contributed by atoms with Crippen molar-refractivity contribution in [3.63, 3.8) is 0 Å². The van der Waals surface area contributed by atoms with Gasteiger partial charge in [0.05, 0.1) is 0 Å². The van der Waals surface area contributed by atoms with E-state index in [1.165, 1.54) is 45.2 Å². The molecule has 3 atom stereocenters. The molecule has 1 N–H and O–H groups in total. The van der Waals surface area contributed by atoms with Crippen LogP contribution in [0, 0.1) is 11.8 Å². The van der Waals surface area contributed by atoms with Gasteiger partial charge in [0.15, 0.2) is 0 Å². The molecular weight excluding hydrogens is 208 g/mol. The lowest BCUT2D eigenvalue weighted by Crippen LogP contribution is -2.46. The van der Waals surface area contributed by atoms with Crippen LogP contribution in [0.1, 0.15) is 52.9 Å². The van der Waals surface area contributed by atoms with Gasteiger partial charge in [-0.2, -0.15) is 0 Å². The third kappa shape index (κ3) is 3.69. The largest absolute Gasteiger partial charge is 0.314 e. The van der Waals surface area contributed by atoms with Crippen LogP contribution in [0.15, 0.2) is 0 Å². The highest BCUT2D eigenvalue weighted by Crippen LogP contribution is 2.33. The lowest BCUT2D eigenvalue weighted by atomic mass is 9.78. The molecule has 0 saturated heterocycles. The van der Waals surface area contributed by atoms with E-state index in [9.17, 15) is 0 Å². The maximum atomic E-state index is 3.72. The van der Waals surface area contributed by atoms with Crippen LogP contribution in [0.5, 0.6) is 0 Å². The Bertz CT molecular complexity index is 225. The average molecular weight is 238 g/mol. The van der Waals surface area contributed by atoms with Gasteiger partial charge in [0.1, 0.15) is 0 Å². The molecule has 100 valence electrons. The van der Waals surface area contributed by atoms with Crippen molar-refractivity contribution < 1.29 is 0 Å². The molecule has 2 rings (SSSR count). The fraction of sp³-hybridized carbons (Fsp3) is 1.00. The highest BCUT2D eigenvalue weighted by Gasteiger charge is 2.34. The second-order valence-corrected chi connectivity index (χ2v) is 6.16. The van der Waals surface area contributed by atoms with Crippen molar-refractivity contribution in [2.75, 3.05) is 19.6 Å². The minimum absolute atomic E-state index is 0.781. The predicted octanol–water partition coefficient (Wildman–Crippen LogP) is 2.89. The Kier molecular flexibility index (Phi) is 4.87. The van der Waals surface area contributed by atoms with Gasteiger partial charge in [-0.25, -0.2) is 0 Å². The minimum atomic E-state index is 0.781. The summed E-state index contributed by atoms with van der Waals surface area (Å²) in [5, 5.41) is 3.72. The number of nitrogens with one attached hydrogen (secondary N) is 1. The number of hydrogen-bond acceptors (Lipinski definition) is 2. The van der Waals surface area contributed by atoms with E-state index in [1.54, 1.807) is 0 Å². The van der Waals surface area contributed by atoms with Crippen molar-refractivity contribution >= 4 is 0 Å². The van der Waals surface area contributed by atoms with E-state index >= 15 is 0 Å². The number of rotatable bonds is 6. The van der Waals surface area contributed by atoms with Crippen molar-refractivity contribution in [1.82, 2.24) is 10.2 Å². The zero-order valence-corrected chi connectivity index (χ0v) is 11.9. The zero-order valence-electron chi connectivity index (χ0n) is 11.9. The maximum Gasteiger partial charge on any atom is 0.0108 e. The summed E-state index contributed by atoms with van der Waals surface area (Å²) in [6.07, 6.45) is 7.14. The Labute approximate surface area is 107 Å². The summed E-state index contributed by atoms with van der Waals surface area (Å²) in [7, 11) is 0. The molecule has 0 radical (unpaired) electrons. The lowest BCUT2D eigenvalue weighted by molar-refractivity contribution is 0.144. The molecule has 2 saturated carbocycles. The van der Waals surface area contributed by atoms with Crippen LogP contribution in [0.3, 0.4) is 0 Å². The molecule has 2 heteroatoms. The molecule has 2 fully saturated rings. The summed E-state index contributed by atoms with van der Waals surface area (Å²) >= 11 is 0. The van der Waals surface area contributed by atoms with E-state index in [0.717, 1.165) is 30.5 Å². The summed E-state index contributed by atoms with van der Waals surface area (Å²) in [4.78, 5) is 2.73. The SMILES string of the molecule is CCNC1CCC(C)CC1CN(CC)C1CC1. The van der Waals surface area contributed by atoms with Crippen LogP contribution in [0.2, 0.25) is 0 Å². The summed E-state index contributed by atoms with van der Waals surface area (Å²) in [6, 6.07) is 1.71. The van der Waals surface area contributed by atoms with Gasteiger partial charge >= 0.3 is 0 Å². The highest BCUT2D eigenvalue weighted by molar-refractivity contribution is 4.90. The van der Waals surface area contributed by atoms with E-state index in [2.05, 4.69) is 31.0 Å². The molecule has 2 nitrogen and oxygen atoms in total. The van der Waals surface area contributed by atoms with Crippen LogP contribution >= 0.6 is 0 Å². The quantitative estimate of drug-likeness (QED) is 0.765. The number of nitrogens with zero attached hydrogens (tertiary/aromatic N) is 1. The standard InChI is InChI=1S/C15H30N2/c1-4-16-15-9-6-12(3)10-13(15)11-17(5-2)14-7-8-14/h12-16H,4-11H2,1-3H3. The summed E-state index contributed by atoms with van der Waals surface area (Å²) in [5.41, 5.74) is 0. The monoisotopic (exact) mass is 238 g/mol. The van der Waals surface area contributed by atoms with Crippen LogP contribution in [0.25, 0.3) is 0 Å². The van der Waals surface area contributed by atoms with E-state index in [1.807, 2.05) is 0 Å². The molecule has 0 bridgehead atoms. The van der Waals surface area contributed by atoms with E-state index < -0.39 is 0 Å². The Hall–Kier alpha value is -0.0800. The van der Waals surface area contributed by atoms with Crippen LogP contribution in [-0.4, -0.2) is 36.6 Å². The van der Waals surface area contributed by atoms with E-state index in [4.69, 9.17) is 0 Å². The highest BCUT2D eigenvalue weighted by atomic mass is 15.2. The predicted molar refractivity (Wildman–Crippen MR) is 74.2 cm³/mol. The molecule has 0 aliphatic heterocycles. The first kappa shape index (κ1) is 13.4. The van der Waals surface area contributed by atoms with Crippen molar-refractivity contribution in [2.24, 2.45) is 11.8 Å². The fourth-order valence-electron chi connectivity index (χ4n) is 3.51. The van der Waals surface area contributed by atoms with Crippen molar-refractivity contribution in [3.05, 3.63) is 0 Å². The fourth-order valence-corrected chi connectivity index (χ4v) is 3.51. The van der Waals surface area contributed by atoms with Gasteiger partial charge in [-0.1, -0.05) is 20.8 Å². The third-order valence-electron chi connectivity index (χ3n) is 4.65. The van der Waals surface area contributed by atoms with Gasteiger partial charge < -0.3 is 10.2 Å². The molecule has 3 unspecified atom stereocenters. The van der Waals surface area contributed by atoms with Crippen molar-refractivity contribution in [2.45, 2.75) is 65.0 Å². The second-order valence-electron chi connectivity index (χ2n) is 6.16. The first-order valence-corrected chi connectivity index (χ1v) is 7.72. The topological polar surface area (TPSA) is 15.3 Å². The molecular formula is C15H30N2. The summed E-state index contributed by atoms with van der Waals surface area (Å²) in [5.74, 6) is 1.83. The first-order chi connectivity index (χ1) is 8.24. The lowest BCUT2D eigenvalue weighted by Gasteiger charge is -2.38. The van der Waals surface area contributed by atoms with Crippen molar-refractivity contribution in [1.29, 1.82) is 0 Å². The molecule has 0 spiro atoms. The van der Waals surface area contributed by atoms with Crippen molar-refractivity contribution in [3.8, 4) is 0 Å². The van der Waals surface area contributed by atoms with Gasteiger partial charge in [0, 0.05) is 18.6 Å². The minimum Gasteiger partial charge on any atom is -0.314 e. The van der Waals surface area contributed by atoms with E-state index in [0.29, 0.717) is 0 Å². The average Bonchev–Trinajstić information content (AvgIpc) is 3.13. The molecule has 0 heterocycles. The van der Waals surface area contributed by atoms with Gasteiger partial charge in [0.25, 0.3) is 0 Å². The molecule has 17 heavy (non-hydrogen) atoms. The van der Waals surface area contributed by atoms with Crippen LogP contribution in [-0.2, 0) is 0 Å². The van der Waals surface area contributed by atoms with Gasteiger partial charge in [-0.3, -0.25) is 0 Å². The second kappa shape index (κ2) is 6.19. The normalized spacial score (nSPS) is 34.2. The first-order valence-electron chi connectivity index (χ1n) is 7.72. The van der Waals surface area contributed by atoms with Gasteiger partial charge in [-0.05, 0) is 57.0 Å². The molecule has 0 aromatic heterocycles. The van der Waals surface area contributed by atoms with Crippen LogP contribution in [0.4, 0.5) is 0 Å². The Balaban J connectivity index is 1.88. The smallest absolute Gasteiger partial charge is 0.0108 e. The van der Waals surface area contributed by atoms with Crippen LogP contribution < -0.4 is 5.32 Å². The summed E-state index contributed by atoms with van der Waals surface area (Å²) < 4.78 is 0. The molecule has 2 aliphatic rings. The Morgan fingerprint density at radius 2 is 1.88 bits per heavy atom. The molecule has 0 aromatic carbocycles. The molecule has 0 aromatic rings. The summed E-state index contributed by atoms with van der Waals surface area (Å²) in [6.45, 7) is 10.7. The zero-order chi connectivity index (χ0) is 12.3. The van der Waals surface area contributed by atoms with Gasteiger partial charge in [-0.15, -0.1) is 0 Å². The Morgan fingerprint density at radius 3 is 2.47 bits per heavy atom. The third-order valence-corrected chi connectivity index (χ3v) is 4.65. The van der Waals surface area contributed by atoms with E-state index in [-0.39, 0.29) is 0 Å². The van der Waals surface area contributed by atoms with Gasteiger partial charge in [0.2, 0.25) is 0 Å².